The second-order valence-corrected chi connectivity index (χ2v) is 12.8. The van der Waals surface area contributed by atoms with Gasteiger partial charge in [0.15, 0.2) is 0 Å². The highest BCUT2D eigenvalue weighted by molar-refractivity contribution is 6.67. The van der Waals surface area contributed by atoms with Crippen LogP contribution in [-0.2, 0) is 15.3 Å². The van der Waals surface area contributed by atoms with Gasteiger partial charge in [-0.1, -0.05) is 37.3 Å². The molecule has 0 amide bonds. The highest BCUT2D eigenvalue weighted by Crippen LogP contribution is 2.41. The second-order valence-electron chi connectivity index (χ2n) is 9.56. The molecule has 5 heteroatoms. The molecule has 0 bridgehead atoms. The highest BCUT2D eigenvalue weighted by Gasteiger charge is 2.43. The van der Waals surface area contributed by atoms with Gasteiger partial charge in [0.25, 0.3) is 0 Å². The SMILES string of the molecule is CCO[Si](CCc1ccccc1)(CC(C)(CCCN(C)C)CCCN(C)C)OCC. The van der Waals surface area contributed by atoms with Crippen molar-refractivity contribution in [3.63, 3.8) is 0 Å². The summed E-state index contributed by atoms with van der Waals surface area (Å²) in [6, 6.07) is 12.9. The molecule has 1 aromatic rings. The fourth-order valence-electron chi connectivity index (χ4n) is 4.48. The van der Waals surface area contributed by atoms with Crippen LogP contribution in [0.2, 0.25) is 12.1 Å². The Morgan fingerprint density at radius 3 is 1.77 bits per heavy atom. The monoisotopic (exact) mass is 436 g/mol. The number of rotatable bonds is 17. The molecule has 0 unspecified atom stereocenters. The lowest BCUT2D eigenvalue weighted by Crippen LogP contribution is -2.47. The normalized spacial score (nSPS) is 12.8. The van der Waals surface area contributed by atoms with Gasteiger partial charge in [-0.25, -0.2) is 0 Å². The van der Waals surface area contributed by atoms with Crippen LogP contribution in [0, 0.1) is 5.41 Å². The number of nitrogens with zero attached hydrogens (tertiary/aromatic N) is 2. The van der Waals surface area contributed by atoms with Crippen molar-refractivity contribution in [2.24, 2.45) is 5.41 Å². The molecule has 0 heterocycles. The smallest absolute Gasteiger partial charge is 0.339 e. The molecule has 30 heavy (non-hydrogen) atoms. The van der Waals surface area contributed by atoms with E-state index in [1.165, 1.54) is 31.2 Å². The van der Waals surface area contributed by atoms with E-state index in [0.29, 0.717) is 0 Å². The summed E-state index contributed by atoms with van der Waals surface area (Å²) in [7, 11) is 6.38. The molecule has 0 radical (unpaired) electrons. The first kappa shape index (κ1) is 27.3. The summed E-state index contributed by atoms with van der Waals surface area (Å²) in [6.07, 6.45) is 5.97. The summed E-state index contributed by atoms with van der Waals surface area (Å²) in [5, 5.41) is 0. The Morgan fingerprint density at radius 1 is 0.833 bits per heavy atom. The molecular weight excluding hydrogens is 388 g/mol. The maximum Gasteiger partial charge on any atom is 0.339 e. The largest absolute Gasteiger partial charge is 0.394 e. The Bertz CT molecular complexity index is 531. The van der Waals surface area contributed by atoms with Crippen LogP contribution in [0.4, 0.5) is 0 Å². The average molecular weight is 437 g/mol. The Morgan fingerprint density at radius 2 is 1.33 bits per heavy atom. The van der Waals surface area contributed by atoms with E-state index in [-0.39, 0.29) is 5.41 Å². The molecule has 0 aliphatic carbocycles. The van der Waals surface area contributed by atoms with Gasteiger partial charge >= 0.3 is 8.56 Å². The van der Waals surface area contributed by atoms with E-state index in [1.54, 1.807) is 0 Å². The molecular formula is C25H48N2O2Si. The first-order valence-electron chi connectivity index (χ1n) is 11.9. The van der Waals surface area contributed by atoms with E-state index in [4.69, 9.17) is 8.85 Å². The summed E-state index contributed by atoms with van der Waals surface area (Å²) in [5.41, 5.74) is 1.65. The third-order valence-electron chi connectivity index (χ3n) is 5.92. The molecule has 4 nitrogen and oxygen atoms in total. The minimum Gasteiger partial charge on any atom is -0.394 e. The van der Waals surface area contributed by atoms with Gasteiger partial charge in [-0.3, -0.25) is 0 Å². The predicted octanol–water partition coefficient (Wildman–Crippen LogP) is 5.43. The number of hydrogen-bond donors (Lipinski definition) is 0. The summed E-state index contributed by atoms with van der Waals surface area (Å²) >= 11 is 0. The molecule has 174 valence electrons. The first-order valence-corrected chi connectivity index (χ1v) is 14.1. The number of benzene rings is 1. The van der Waals surface area contributed by atoms with Crippen LogP contribution in [0.3, 0.4) is 0 Å². The highest BCUT2D eigenvalue weighted by atomic mass is 28.4. The van der Waals surface area contributed by atoms with Gasteiger partial charge in [0.1, 0.15) is 0 Å². The zero-order valence-corrected chi connectivity index (χ0v) is 21.9. The fraction of sp³-hybridized carbons (Fsp3) is 0.760. The zero-order chi connectivity index (χ0) is 22.5. The predicted molar refractivity (Wildman–Crippen MR) is 132 cm³/mol. The van der Waals surface area contributed by atoms with E-state index in [2.05, 4.69) is 89.1 Å². The summed E-state index contributed by atoms with van der Waals surface area (Å²) in [4.78, 5) is 4.59. The standard InChI is InChI=1S/C25H48N2O2Si/c1-8-28-30(29-9-2,22-17-24-15-11-10-12-16-24)23-25(3,18-13-20-26(4)5)19-14-21-27(6)7/h10-12,15-16H,8-9,13-14,17-23H2,1-7H3. The zero-order valence-electron chi connectivity index (χ0n) is 20.9. The topological polar surface area (TPSA) is 24.9 Å². The molecule has 1 aromatic carbocycles. The van der Waals surface area contributed by atoms with Crippen molar-refractivity contribution in [1.29, 1.82) is 0 Å². The molecule has 0 fully saturated rings. The van der Waals surface area contributed by atoms with Crippen LogP contribution in [0.25, 0.3) is 0 Å². The lowest BCUT2D eigenvalue weighted by Gasteiger charge is -2.40. The van der Waals surface area contributed by atoms with Crippen molar-refractivity contribution in [1.82, 2.24) is 9.80 Å². The van der Waals surface area contributed by atoms with Gasteiger partial charge in [-0.05, 0) is 110 Å². The molecule has 0 aromatic heterocycles. The number of aryl methyl sites for hydroxylation is 1. The van der Waals surface area contributed by atoms with Crippen LogP contribution >= 0.6 is 0 Å². The van der Waals surface area contributed by atoms with E-state index < -0.39 is 8.56 Å². The fourth-order valence-corrected chi connectivity index (χ4v) is 8.61. The number of hydrogen-bond acceptors (Lipinski definition) is 4. The minimum absolute atomic E-state index is 0.263. The summed E-state index contributed by atoms with van der Waals surface area (Å²) in [5.74, 6) is 0. The molecule has 0 saturated heterocycles. The second kappa shape index (κ2) is 14.4. The molecule has 0 N–H and O–H groups in total. The van der Waals surface area contributed by atoms with E-state index >= 15 is 0 Å². The van der Waals surface area contributed by atoms with Gasteiger partial charge in [0.05, 0.1) is 0 Å². The van der Waals surface area contributed by atoms with Crippen molar-refractivity contribution in [2.45, 2.75) is 65.0 Å². The van der Waals surface area contributed by atoms with Gasteiger partial charge in [0, 0.05) is 13.2 Å². The quantitative estimate of drug-likeness (QED) is 0.304. The molecule has 0 spiro atoms. The molecule has 0 saturated carbocycles. The molecule has 0 atom stereocenters. The van der Waals surface area contributed by atoms with Crippen molar-refractivity contribution in [2.75, 3.05) is 54.5 Å². The van der Waals surface area contributed by atoms with E-state index in [9.17, 15) is 0 Å². The van der Waals surface area contributed by atoms with Gasteiger partial charge < -0.3 is 18.7 Å². The Balaban J connectivity index is 2.98. The first-order chi connectivity index (χ1) is 14.2. The van der Waals surface area contributed by atoms with Crippen molar-refractivity contribution >= 4 is 8.56 Å². The third kappa shape index (κ3) is 11.1. The lowest BCUT2D eigenvalue weighted by atomic mass is 9.82. The Hall–Kier alpha value is -0.723. The molecule has 1 rings (SSSR count). The summed E-state index contributed by atoms with van der Waals surface area (Å²) < 4.78 is 13.1. The van der Waals surface area contributed by atoms with Crippen molar-refractivity contribution in [3.05, 3.63) is 35.9 Å². The van der Waals surface area contributed by atoms with Gasteiger partial charge in [-0.2, -0.15) is 0 Å². The van der Waals surface area contributed by atoms with Crippen LogP contribution in [0.1, 0.15) is 52.0 Å². The van der Waals surface area contributed by atoms with Crippen LogP contribution < -0.4 is 0 Å². The average Bonchev–Trinajstić information content (AvgIpc) is 2.67. The van der Waals surface area contributed by atoms with Crippen molar-refractivity contribution < 1.29 is 8.85 Å². The van der Waals surface area contributed by atoms with Gasteiger partial charge in [-0.15, -0.1) is 0 Å². The van der Waals surface area contributed by atoms with Crippen LogP contribution in [0.15, 0.2) is 30.3 Å². The lowest BCUT2D eigenvalue weighted by molar-refractivity contribution is 0.155. The van der Waals surface area contributed by atoms with Crippen LogP contribution in [-0.4, -0.2) is 72.9 Å². The maximum absolute atomic E-state index is 6.54. The molecule has 0 aliphatic rings. The molecule has 0 aliphatic heterocycles. The maximum atomic E-state index is 6.54. The minimum atomic E-state index is -2.30. The van der Waals surface area contributed by atoms with E-state index in [0.717, 1.165) is 44.8 Å². The Kier molecular flexibility index (Phi) is 13.1. The van der Waals surface area contributed by atoms with Crippen molar-refractivity contribution in [3.8, 4) is 0 Å². The van der Waals surface area contributed by atoms with E-state index in [1.807, 2.05) is 0 Å². The summed E-state index contributed by atoms with van der Waals surface area (Å²) in [6.45, 7) is 10.5. The van der Waals surface area contributed by atoms with Crippen LogP contribution in [0.5, 0.6) is 0 Å². The third-order valence-corrected chi connectivity index (χ3v) is 9.95. The van der Waals surface area contributed by atoms with Gasteiger partial charge in [0.2, 0.25) is 0 Å². The Labute approximate surface area is 188 Å².